The quantitative estimate of drug-likeness (QED) is 0.862. The van der Waals surface area contributed by atoms with E-state index in [0.29, 0.717) is 6.42 Å². The Morgan fingerprint density at radius 1 is 1.25 bits per heavy atom. The van der Waals surface area contributed by atoms with E-state index in [1.807, 2.05) is 4.90 Å². The minimum absolute atomic E-state index is 0.0218. The second kappa shape index (κ2) is 5.38. The molecular weight excluding hydrogens is 254 g/mol. The number of aliphatic carboxylic acids is 1. The number of carbonyl (C=O) groups excluding carboxylic acids is 1. The van der Waals surface area contributed by atoms with Crippen LogP contribution < -0.4 is 0 Å². The van der Waals surface area contributed by atoms with Gasteiger partial charge in [0, 0.05) is 19.5 Å². The molecule has 1 unspecified atom stereocenters. The van der Waals surface area contributed by atoms with Gasteiger partial charge >= 0.3 is 5.97 Å². The highest BCUT2D eigenvalue weighted by Crippen LogP contribution is 2.59. The number of hydrogen-bond donors (Lipinski definition) is 1. The number of carboxylic acid groups (broad SMARTS) is 1. The highest BCUT2D eigenvalue weighted by molar-refractivity contribution is 5.77. The zero-order valence-electron chi connectivity index (χ0n) is 12.9. The van der Waals surface area contributed by atoms with Crippen LogP contribution in [0.1, 0.15) is 59.3 Å². The molecule has 4 nitrogen and oxygen atoms in total. The molecule has 2 rings (SSSR count). The molecule has 1 aliphatic carbocycles. The van der Waals surface area contributed by atoms with Crippen LogP contribution in [-0.4, -0.2) is 35.0 Å². The van der Waals surface area contributed by atoms with Crippen LogP contribution >= 0.6 is 0 Å². The van der Waals surface area contributed by atoms with Crippen LogP contribution in [0.25, 0.3) is 0 Å². The SMILES string of the molecule is CC(C)(C)CCCC(=O)N1CCC2(CC1)CC2C(=O)O. The molecule has 1 aliphatic heterocycles. The van der Waals surface area contributed by atoms with Crippen molar-refractivity contribution >= 4 is 11.9 Å². The van der Waals surface area contributed by atoms with Crippen LogP contribution in [-0.2, 0) is 9.59 Å². The lowest BCUT2D eigenvalue weighted by atomic mass is 9.89. The molecule has 0 aromatic heterocycles. The van der Waals surface area contributed by atoms with E-state index < -0.39 is 5.97 Å². The molecule has 1 N–H and O–H groups in total. The first-order valence-corrected chi connectivity index (χ1v) is 7.74. The molecule has 1 saturated carbocycles. The zero-order valence-corrected chi connectivity index (χ0v) is 12.9. The van der Waals surface area contributed by atoms with E-state index in [4.69, 9.17) is 5.11 Å². The highest BCUT2D eigenvalue weighted by Gasteiger charge is 2.59. The molecular formula is C16H27NO3. The fraction of sp³-hybridized carbons (Fsp3) is 0.875. The molecule has 0 aromatic rings. The van der Waals surface area contributed by atoms with Crippen LogP contribution in [0, 0.1) is 16.7 Å². The lowest BCUT2D eigenvalue weighted by molar-refractivity contribution is -0.139. The normalized spacial score (nSPS) is 24.8. The van der Waals surface area contributed by atoms with E-state index in [0.717, 1.165) is 45.2 Å². The first-order chi connectivity index (χ1) is 9.23. The first-order valence-electron chi connectivity index (χ1n) is 7.74. The summed E-state index contributed by atoms with van der Waals surface area (Å²) >= 11 is 0. The Morgan fingerprint density at radius 3 is 2.30 bits per heavy atom. The van der Waals surface area contributed by atoms with Crippen molar-refractivity contribution in [2.24, 2.45) is 16.7 Å². The van der Waals surface area contributed by atoms with Gasteiger partial charge in [-0.3, -0.25) is 9.59 Å². The minimum atomic E-state index is -0.657. The van der Waals surface area contributed by atoms with Crippen LogP contribution in [0.5, 0.6) is 0 Å². The molecule has 20 heavy (non-hydrogen) atoms. The van der Waals surface area contributed by atoms with Gasteiger partial charge in [-0.15, -0.1) is 0 Å². The summed E-state index contributed by atoms with van der Waals surface area (Å²) in [5.41, 5.74) is 0.309. The van der Waals surface area contributed by atoms with Crippen molar-refractivity contribution in [1.82, 2.24) is 4.90 Å². The Bertz CT molecular complexity index is 389. The van der Waals surface area contributed by atoms with Gasteiger partial charge in [0.15, 0.2) is 0 Å². The average Bonchev–Trinajstić information content (AvgIpc) is 3.02. The standard InChI is InChI=1S/C16H27NO3/c1-15(2,3)6-4-5-13(18)17-9-7-16(8-10-17)11-12(16)14(19)20/h12H,4-11H2,1-3H3,(H,19,20). The van der Waals surface area contributed by atoms with Crippen molar-refractivity contribution in [3.8, 4) is 0 Å². The van der Waals surface area contributed by atoms with E-state index in [-0.39, 0.29) is 22.7 Å². The predicted molar refractivity (Wildman–Crippen MR) is 77.3 cm³/mol. The highest BCUT2D eigenvalue weighted by atomic mass is 16.4. The molecule has 114 valence electrons. The summed E-state index contributed by atoms with van der Waals surface area (Å²) in [5, 5.41) is 9.06. The van der Waals surface area contributed by atoms with Crippen LogP contribution in [0.2, 0.25) is 0 Å². The summed E-state index contributed by atoms with van der Waals surface area (Å²) in [6.45, 7) is 8.08. The van der Waals surface area contributed by atoms with Crippen LogP contribution in [0.15, 0.2) is 0 Å². The van der Waals surface area contributed by atoms with Crippen molar-refractivity contribution < 1.29 is 14.7 Å². The van der Waals surface area contributed by atoms with Gasteiger partial charge in [0.1, 0.15) is 0 Å². The van der Waals surface area contributed by atoms with Crippen molar-refractivity contribution in [2.75, 3.05) is 13.1 Å². The third-order valence-electron chi connectivity index (χ3n) is 4.92. The van der Waals surface area contributed by atoms with Gasteiger partial charge < -0.3 is 10.0 Å². The van der Waals surface area contributed by atoms with E-state index in [1.165, 1.54) is 0 Å². The maximum Gasteiger partial charge on any atom is 0.307 e. The summed E-state index contributed by atoms with van der Waals surface area (Å²) in [7, 11) is 0. The number of amides is 1. The molecule has 1 heterocycles. The Hall–Kier alpha value is -1.06. The van der Waals surface area contributed by atoms with Crippen molar-refractivity contribution in [3.05, 3.63) is 0 Å². The molecule has 1 spiro atoms. The molecule has 4 heteroatoms. The monoisotopic (exact) mass is 281 g/mol. The van der Waals surface area contributed by atoms with Gasteiger partial charge in [-0.1, -0.05) is 20.8 Å². The topological polar surface area (TPSA) is 57.6 Å². The molecule has 1 saturated heterocycles. The lowest BCUT2D eigenvalue weighted by Gasteiger charge is -2.33. The number of nitrogens with zero attached hydrogens (tertiary/aromatic N) is 1. The van der Waals surface area contributed by atoms with E-state index in [2.05, 4.69) is 20.8 Å². The third kappa shape index (κ3) is 3.53. The average molecular weight is 281 g/mol. The second-order valence-electron chi connectivity index (χ2n) is 7.75. The third-order valence-corrected chi connectivity index (χ3v) is 4.92. The van der Waals surface area contributed by atoms with Gasteiger partial charge in [-0.2, -0.15) is 0 Å². The maximum atomic E-state index is 12.1. The molecule has 0 radical (unpaired) electrons. The Morgan fingerprint density at radius 2 is 1.85 bits per heavy atom. The number of carbonyl (C=O) groups is 2. The summed E-state index contributed by atoms with van der Waals surface area (Å²) in [5.74, 6) is -0.563. The van der Waals surface area contributed by atoms with Crippen LogP contribution in [0.3, 0.4) is 0 Å². The largest absolute Gasteiger partial charge is 0.481 e. The smallest absolute Gasteiger partial charge is 0.307 e. The molecule has 0 aromatic carbocycles. The summed E-state index contributed by atoms with van der Waals surface area (Å²) in [6, 6.07) is 0. The molecule has 1 amide bonds. The van der Waals surface area contributed by atoms with Crippen molar-refractivity contribution in [3.63, 3.8) is 0 Å². The zero-order chi connectivity index (χ0) is 15.0. The summed E-state index contributed by atoms with van der Waals surface area (Å²) in [4.78, 5) is 25.1. The van der Waals surface area contributed by atoms with Crippen molar-refractivity contribution in [1.29, 1.82) is 0 Å². The number of hydrogen-bond acceptors (Lipinski definition) is 2. The Balaban J connectivity index is 1.72. The fourth-order valence-electron chi connectivity index (χ4n) is 3.38. The molecule has 2 aliphatic rings. The van der Waals surface area contributed by atoms with Gasteiger partial charge in [0.2, 0.25) is 5.91 Å². The van der Waals surface area contributed by atoms with Gasteiger partial charge in [0.05, 0.1) is 5.92 Å². The first kappa shape index (κ1) is 15.3. The number of piperidine rings is 1. The summed E-state index contributed by atoms with van der Waals surface area (Å²) in [6.07, 6.45) is 5.20. The summed E-state index contributed by atoms with van der Waals surface area (Å²) < 4.78 is 0. The van der Waals surface area contributed by atoms with Crippen molar-refractivity contribution in [2.45, 2.75) is 59.3 Å². The van der Waals surface area contributed by atoms with Gasteiger partial charge in [-0.25, -0.2) is 0 Å². The van der Waals surface area contributed by atoms with E-state index in [1.54, 1.807) is 0 Å². The number of carboxylic acids is 1. The van der Waals surface area contributed by atoms with Gasteiger partial charge in [0.25, 0.3) is 0 Å². The Labute approximate surface area is 121 Å². The molecule has 1 atom stereocenters. The number of likely N-dealkylation sites (tertiary alicyclic amines) is 1. The van der Waals surface area contributed by atoms with E-state index >= 15 is 0 Å². The van der Waals surface area contributed by atoms with Crippen LogP contribution in [0.4, 0.5) is 0 Å². The maximum absolute atomic E-state index is 12.1. The lowest BCUT2D eigenvalue weighted by Crippen LogP contribution is -2.39. The predicted octanol–water partition coefficient (Wildman–Crippen LogP) is 2.92. The molecule has 2 fully saturated rings. The second-order valence-corrected chi connectivity index (χ2v) is 7.75. The minimum Gasteiger partial charge on any atom is -0.481 e. The molecule has 0 bridgehead atoms. The number of rotatable bonds is 4. The fourth-order valence-corrected chi connectivity index (χ4v) is 3.38. The van der Waals surface area contributed by atoms with E-state index in [9.17, 15) is 9.59 Å². The van der Waals surface area contributed by atoms with Gasteiger partial charge in [-0.05, 0) is 42.9 Å². The Kier molecular flexibility index (Phi) is 4.12.